The summed E-state index contributed by atoms with van der Waals surface area (Å²) in [4.78, 5) is 2.52. The molecule has 1 saturated carbocycles. The smallest absolute Gasteiger partial charge is 0.0583 e. The molecular weight excluding hydrogens is 206 g/mol. The second kappa shape index (κ2) is 4.27. The molecular formula is C12H23NOS. The third-order valence-electron chi connectivity index (χ3n) is 3.97. The van der Waals surface area contributed by atoms with Gasteiger partial charge < -0.3 is 10.0 Å². The lowest BCUT2D eigenvalue weighted by atomic mass is 9.95. The summed E-state index contributed by atoms with van der Waals surface area (Å²) in [5.41, 5.74) is 0.298. The van der Waals surface area contributed by atoms with E-state index in [1.165, 1.54) is 13.0 Å². The highest BCUT2D eigenvalue weighted by Gasteiger charge is 2.42. The molecule has 3 atom stereocenters. The second-order valence-electron chi connectivity index (χ2n) is 6.09. The summed E-state index contributed by atoms with van der Waals surface area (Å²) < 4.78 is 0. The second-order valence-corrected chi connectivity index (χ2v) is 6.40. The van der Waals surface area contributed by atoms with Crippen LogP contribution in [-0.4, -0.2) is 41.5 Å². The maximum Gasteiger partial charge on any atom is 0.0583 e. The van der Waals surface area contributed by atoms with E-state index in [4.69, 9.17) is 0 Å². The van der Waals surface area contributed by atoms with Crippen molar-refractivity contribution in [2.75, 3.05) is 25.4 Å². The van der Waals surface area contributed by atoms with E-state index in [9.17, 15) is 5.11 Å². The average molecular weight is 229 g/mol. The highest BCUT2D eigenvalue weighted by atomic mass is 32.1. The predicted octanol–water partition coefficient (Wildman–Crippen LogP) is 1.65. The van der Waals surface area contributed by atoms with Crippen LogP contribution in [0, 0.1) is 17.3 Å². The van der Waals surface area contributed by atoms with Crippen LogP contribution in [-0.2, 0) is 0 Å². The number of thiol groups is 1. The first-order chi connectivity index (χ1) is 7.02. The summed E-state index contributed by atoms with van der Waals surface area (Å²) in [5.74, 6) is 2.25. The molecule has 2 nitrogen and oxygen atoms in total. The van der Waals surface area contributed by atoms with Gasteiger partial charge in [0, 0.05) is 25.6 Å². The van der Waals surface area contributed by atoms with Crippen molar-refractivity contribution in [3.63, 3.8) is 0 Å². The number of aliphatic hydroxyl groups excluding tert-OH is 1. The van der Waals surface area contributed by atoms with Crippen molar-refractivity contribution in [3.8, 4) is 0 Å². The quantitative estimate of drug-likeness (QED) is 0.719. The van der Waals surface area contributed by atoms with Crippen molar-refractivity contribution >= 4 is 12.6 Å². The zero-order valence-corrected chi connectivity index (χ0v) is 10.7. The Bertz CT molecular complexity index is 232. The van der Waals surface area contributed by atoms with Gasteiger partial charge in [-0.15, -0.1) is 0 Å². The molecule has 2 rings (SSSR count). The summed E-state index contributed by atoms with van der Waals surface area (Å²) in [6.07, 6.45) is 2.22. The Morgan fingerprint density at radius 3 is 2.67 bits per heavy atom. The Kier molecular flexibility index (Phi) is 3.34. The number of hydrogen-bond acceptors (Lipinski definition) is 3. The van der Waals surface area contributed by atoms with Gasteiger partial charge in [0.25, 0.3) is 0 Å². The lowest BCUT2D eigenvalue weighted by Gasteiger charge is -2.29. The lowest BCUT2D eigenvalue weighted by molar-refractivity contribution is 0.119. The monoisotopic (exact) mass is 229 g/mol. The maximum absolute atomic E-state index is 9.83. The van der Waals surface area contributed by atoms with E-state index in [1.54, 1.807) is 0 Å². The number of hydrogen-bond donors (Lipinski definition) is 2. The van der Waals surface area contributed by atoms with Gasteiger partial charge in [-0.3, -0.25) is 0 Å². The van der Waals surface area contributed by atoms with Crippen LogP contribution in [0.15, 0.2) is 0 Å². The van der Waals surface area contributed by atoms with E-state index in [0.717, 1.165) is 31.2 Å². The first kappa shape index (κ1) is 11.7. The van der Waals surface area contributed by atoms with Gasteiger partial charge in [0.05, 0.1) is 6.10 Å². The standard InChI is InChI=1S/C12H23NOS/c1-12(2,8-15)7-13-5-9-3-4-11(14)10(9)6-13/h9-11,14-15H,3-8H2,1-2H3. The minimum atomic E-state index is -0.0286. The summed E-state index contributed by atoms with van der Waals surface area (Å²) in [5, 5.41) is 9.83. The van der Waals surface area contributed by atoms with E-state index in [0.29, 0.717) is 11.3 Å². The maximum atomic E-state index is 9.83. The SMILES string of the molecule is CC(C)(CS)CN1CC2CCC(O)C2C1. The fraction of sp³-hybridized carbons (Fsp3) is 1.00. The van der Waals surface area contributed by atoms with Gasteiger partial charge in [-0.25, -0.2) is 0 Å². The molecule has 3 heteroatoms. The highest BCUT2D eigenvalue weighted by Crippen LogP contribution is 2.39. The van der Waals surface area contributed by atoms with Crippen LogP contribution in [0.3, 0.4) is 0 Å². The van der Waals surface area contributed by atoms with Crippen LogP contribution >= 0.6 is 12.6 Å². The predicted molar refractivity (Wildman–Crippen MR) is 66.3 cm³/mol. The average Bonchev–Trinajstić information content (AvgIpc) is 2.69. The Morgan fingerprint density at radius 2 is 2.07 bits per heavy atom. The molecule has 1 saturated heterocycles. The van der Waals surface area contributed by atoms with Crippen molar-refractivity contribution in [3.05, 3.63) is 0 Å². The summed E-state index contributed by atoms with van der Waals surface area (Å²) in [6.45, 7) is 7.95. The molecule has 3 unspecified atom stereocenters. The Labute approximate surface area is 98.5 Å². The minimum Gasteiger partial charge on any atom is -0.393 e. The van der Waals surface area contributed by atoms with E-state index >= 15 is 0 Å². The van der Waals surface area contributed by atoms with Crippen LogP contribution in [0.5, 0.6) is 0 Å². The van der Waals surface area contributed by atoms with Crippen LogP contribution < -0.4 is 0 Å². The van der Waals surface area contributed by atoms with E-state index in [2.05, 4.69) is 31.4 Å². The van der Waals surface area contributed by atoms with E-state index < -0.39 is 0 Å². The third kappa shape index (κ3) is 2.51. The molecule has 2 aliphatic rings. The Hall–Kier alpha value is 0.270. The van der Waals surface area contributed by atoms with Crippen LogP contribution in [0.2, 0.25) is 0 Å². The topological polar surface area (TPSA) is 23.5 Å². The van der Waals surface area contributed by atoms with Gasteiger partial charge in [-0.1, -0.05) is 13.8 Å². The number of likely N-dealkylation sites (tertiary alicyclic amines) is 1. The molecule has 0 aromatic carbocycles. The molecule has 0 bridgehead atoms. The van der Waals surface area contributed by atoms with Crippen LogP contribution in [0.25, 0.3) is 0 Å². The number of aliphatic hydroxyl groups is 1. The fourth-order valence-corrected chi connectivity index (χ4v) is 3.21. The zero-order valence-electron chi connectivity index (χ0n) is 9.82. The summed E-state index contributed by atoms with van der Waals surface area (Å²) in [7, 11) is 0. The van der Waals surface area contributed by atoms with Gasteiger partial charge in [-0.05, 0) is 29.9 Å². The number of fused-ring (bicyclic) bond motifs is 1. The molecule has 15 heavy (non-hydrogen) atoms. The normalized spacial score (nSPS) is 37.2. The summed E-state index contributed by atoms with van der Waals surface area (Å²) >= 11 is 4.40. The largest absolute Gasteiger partial charge is 0.393 e. The molecule has 0 radical (unpaired) electrons. The molecule has 0 aromatic heterocycles. The zero-order chi connectivity index (χ0) is 11.1. The number of rotatable bonds is 3. The molecule has 0 aromatic rings. The van der Waals surface area contributed by atoms with E-state index in [-0.39, 0.29) is 6.10 Å². The van der Waals surface area contributed by atoms with E-state index in [1.807, 2.05) is 0 Å². The van der Waals surface area contributed by atoms with Crippen molar-refractivity contribution in [2.45, 2.75) is 32.8 Å². The molecule has 0 spiro atoms. The summed E-state index contributed by atoms with van der Waals surface area (Å²) in [6, 6.07) is 0. The molecule has 1 aliphatic carbocycles. The molecule has 88 valence electrons. The lowest BCUT2D eigenvalue weighted by Crippen LogP contribution is -2.35. The Morgan fingerprint density at radius 1 is 1.33 bits per heavy atom. The van der Waals surface area contributed by atoms with Gasteiger partial charge in [0.2, 0.25) is 0 Å². The van der Waals surface area contributed by atoms with Crippen molar-refractivity contribution in [1.82, 2.24) is 4.90 Å². The van der Waals surface area contributed by atoms with Crippen molar-refractivity contribution < 1.29 is 5.11 Å². The number of nitrogens with zero attached hydrogens (tertiary/aromatic N) is 1. The first-order valence-corrected chi connectivity index (χ1v) is 6.66. The van der Waals surface area contributed by atoms with Gasteiger partial charge in [-0.2, -0.15) is 12.6 Å². The van der Waals surface area contributed by atoms with Crippen LogP contribution in [0.1, 0.15) is 26.7 Å². The van der Waals surface area contributed by atoms with Gasteiger partial charge in [0.15, 0.2) is 0 Å². The van der Waals surface area contributed by atoms with Crippen molar-refractivity contribution in [1.29, 1.82) is 0 Å². The molecule has 1 heterocycles. The molecule has 0 amide bonds. The fourth-order valence-electron chi connectivity index (χ4n) is 3.11. The van der Waals surface area contributed by atoms with Crippen LogP contribution in [0.4, 0.5) is 0 Å². The van der Waals surface area contributed by atoms with Gasteiger partial charge in [0.1, 0.15) is 0 Å². The first-order valence-electron chi connectivity index (χ1n) is 6.03. The highest BCUT2D eigenvalue weighted by molar-refractivity contribution is 7.80. The molecule has 2 fully saturated rings. The van der Waals surface area contributed by atoms with Crippen molar-refractivity contribution in [2.24, 2.45) is 17.3 Å². The Balaban J connectivity index is 1.88. The third-order valence-corrected chi connectivity index (χ3v) is 4.83. The minimum absolute atomic E-state index is 0.0286. The molecule has 1 aliphatic heterocycles. The van der Waals surface area contributed by atoms with Gasteiger partial charge >= 0.3 is 0 Å². The molecule has 1 N–H and O–H groups in total.